The van der Waals surface area contributed by atoms with Gasteiger partial charge in [-0.05, 0) is 43.3 Å². The molecule has 168 valence electrons. The van der Waals surface area contributed by atoms with E-state index >= 15 is 0 Å². The van der Waals surface area contributed by atoms with Crippen LogP contribution in [0.25, 0.3) is 0 Å². The van der Waals surface area contributed by atoms with Gasteiger partial charge in [0.25, 0.3) is 0 Å². The molecule has 1 aliphatic rings. The van der Waals surface area contributed by atoms with Gasteiger partial charge in [0.05, 0.1) is 22.9 Å². The van der Waals surface area contributed by atoms with Crippen LogP contribution < -0.4 is 20.7 Å². The Labute approximate surface area is 195 Å². The van der Waals surface area contributed by atoms with Gasteiger partial charge in [0, 0.05) is 28.0 Å². The van der Waals surface area contributed by atoms with Crippen LogP contribution in [0.2, 0.25) is 0 Å². The van der Waals surface area contributed by atoms with Crippen molar-refractivity contribution in [2.24, 2.45) is 5.14 Å². The highest BCUT2D eigenvalue weighted by atomic mass is 32.2. The summed E-state index contributed by atoms with van der Waals surface area (Å²) in [4.78, 5) is 23.6. The van der Waals surface area contributed by atoms with E-state index in [9.17, 15) is 13.2 Å². The molecule has 2 aromatic carbocycles. The van der Waals surface area contributed by atoms with E-state index in [1.165, 1.54) is 23.9 Å². The highest BCUT2D eigenvalue weighted by Gasteiger charge is 2.24. The Kier molecular flexibility index (Phi) is 6.24. The molecule has 4 rings (SSSR count). The molecule has 0 atom stereocenters. The Bertz CT molecular complexity index is 1390. The molecular weight excluding hydrogens is 460 g/mol. The molecule has 0 saturated carbocycles. The molecule has 0 spiro atoms. The van der Waals surface area contributed by atoms with E-state index in [0.717, 1.165) is 21.8 Å². The topological polar surface area (TPSA) is 130 Å². The summed E-state index contributed by atoms with van der Waals surface area (Å²) in [5, 5.41) is 11.4. The van der Waals surface area contributed by atoms with Gasteiger partial charge in [0.1, 0.15) is 5.82 Å². The standard InChI is InChI=1S/C22H20N6O3S2/c1-3-9-28-18-11-16(7-8-19(18)32-13-20(28)29)25-21-14(2)12-24-22(27-21)26-15-5-4-6-17(10-15)33(23,30)31/h1,4-8,10-12H,9,13H2,2H3,(H2,23,30,31)(H2,24,25,26,27). The average Bonchev–Trinajstić information content (AvgIpc) is 2.78. The number of nitrogens with zero attached hydrogens (tertiary/aromatic N) is 3. The third-order valence-corrected chi connectivity index (χ3v) is 6.76. The third-order valence-electron chi connectivity index (χ3n) is 4.80. The second-order valence-electron chi connectivity index (χ2n) is 7.20. The van der Waals surface area contributed by atoms with Crippen LogP contribution in [-0.4, -0.2) is 36.6 Å². The van der Waals surface area contributed by atoms with E-state index in [1.54, 1.807) is 23.2 Å². The van der Waals surface area contributed by atoms with Gasteiger partial charge >= 0.3 is 0 Å². The zero-order chi connectivity index (χ0) is 23.6. The normalized spacial score (nSPS) is 13.2. The number of hydrogen-bond acceptors (Lipinski definition) is 8. The number of nitrogens with two attached hydrogens (primary N) is 1. The number of aryl methyl sites for hydroxylation is 1. The molecule has 0 aliphatic carbocycles. The fourth-order valence-electron chi connectivity index (χ4n) is 3.19. The van der Waals surface area contributed by atoms with Crippen molar-refractivity contribution in [3.05, 3.63) is 54.2 Å². The first-order chi connectivity index (χ1) is 15.7. The molecule has 0 unspecified atom stereocenters. The minimum atomic E-state index is -3.83. The smallest absolute Gasteiger partial charge is 0.238 e. The molecule has 0 saturated heterocycles. The van der Waals surface area contributed by atoms with Crippen LogP contribution in [-0.2, 0) is 14.8 Å². The van der Waals surface area contributed by atoms with Gasteiger partial charge in [-0.25, -0.2) is 18.5 Å². The number of fused-ring (bicyclic) bond motifs is 1. The molecule has 33 heavy (non-hydrogen) atoms. The minimum absolute atomic E-state index is 0.0176. The van der Waals surface area contributed by atoms with Crippen molar-refractivity contribution in [1.82, 2.24) is 9.97 Å². The van der Waals surface area contributed by atoms with Gasteiger partial charge in [-0.15, -0.1) is 18.2 Å². The lowest BCUT2D eigenvalue weighted by molar-refractivity contribution is -0.116. The Hall–Kier alpha value is -3.59. The number of benzene rings is 2. The van der Waals surface area contributed by atoms with Crippen molar-refractivity contribution in [3.8, 4) is 12.3 Å². The Morgan fingerprint density at radius 1 is 1.21 bits per heavy atom. The molecule has 4 N–H and O–H groups in total. The van der Waals surface area contributed by atoms with E-state index in [0.29, 0.717) is 17.3 Å². The second kappa shape index (κ2) is 9.11. The summed E-state index contributed by atoms with van der Waals surface area (Å²) >= 11 is 1.48. The van der Waals surface area contributed by atoms with Gasteiger partial charge in [0.2, 0.25) is 21.9 Å². The Balaban J connectivity index is 1.60. The molecule has 1 aliphatic heterocycles. The quantitative estimate of drug-likeness (QED) is 0.459. The van der Waals surface area contributed by atoms with Crippen LogP contribution in [0, 0.1) is 19.3 Å². The zero-order valence-electron chi connectivity index (χ0n) is 17.6. The minimum Gasteiger partial charge on any atom is -0.340 e. The van der Waals surface area contributed by atoms with Crippen molar-refractivity contribution in [3.63, 3.8) is 0 Å². The Morgan fingerprint density at radius 3 is 2.76 bits per heavy atom. The number of thioether (sulfide) groups is 1. The third kappa shape index (κ3) is 5.09. The number of sulfonamides is 1. The highest BCUT2D eigenvalue weighted by molar-refractivity contribution is 8.00. The number of hydrogen-bond donors (Lipinski definition) is 3. The first-order valence-electron chi connectivity index (χ1n) is 9.76. The van der Waals surface area contributed by atoms with E-state index in [2.05, 4.69) is 26.5 Å². The lowest BCUT2D eigenvalue weighted by Crippen LogP contribution is -2.35. The SMILES string of the molecule is C#CCN1C(=O)CSc2ccc(Nc3nc(Nc4cccc(S(N)(=O)=O)c4)ncc3C)cc21. The number of aromatic nitrogens is 2. The predicted octanol–water partition coefficient (Wildman–Crippen LogP) is 2.99. The number of rotatable bonds is 6. The van der Waals surface area contributed by atoms with Crippen LogP contribution in [0.15, 0.2) is 58.5 Å². The predicted molar refractivity (Wildman–Crippen MR) is 130 cm³/mol. The maximum Gasteiger partial charge on any atom is 0.238 e. The van der Waals surface area contributed by atoms with Crippen molar-refractivity contribution in [1.29, 1.82) is 0 Å². The van der Waals surface area contributed by atoms with Crippen LogP contribution in [0.3, 0.4) is 0 Å². The maximum absolute atomic E-state index is 12.3. The molecule has 9 nitrogen and oxygen atoms in total. The summed E-state index contributed by atoms with van der Waals surface area (Å²) in [6, 6.07) is 11.8. The van der Waals surface area contributed by atoms with Crippen molar-refractivity contribution in [2.75, 3.05) is 27.8 Å². The number of anilines is 5. The molecule has 0 radical (unpaired) electrons. The number of terminal acetylenes is 1. The van der Waals surface area contributed by atoms with Crippen LogP contribution in [0.1, 0.15) is 5.56 Å². The first kappa shape index (κ1) is 22.6. The van der Waals surface area contributed by atoms with E-state index < -0.39 is 10.0 Å². The van der Waals surface area contributed by atoms with Gasteiger partial charge in [0.15, 0.2) is 0 Å². The molecule has 1 amide bonds. The summed E-state index contributed by atoms with van der Waals surface area (Å²) in [6.07, 6.45) is 7.09. The molecule has 3 aromatic rings. The Morgan fingerprint density at radius 2 is 2.00 bits per heavy atom. The molecular formula is C22H20N6O3S2. The zero-order valence-corrected chi connectivity index (χ0v) is 19.2. The van der Waals surface area contributed by atoms with Crippen molar-refractivity contribution in [2.45, 2.75) is 16.7 Å². The summed E-state index contributed by atoms with van der Waals surface area (Å²) in [7, 11) is -3.83. The van der Waals surface area contributed by atoms with E-state index in [-0.39, 0.29) is 23.3 Å². The number of carbonyl (C=O) groups excluding carboxylic acids is 1. The number of nitrogens with one attached hydrogen (secondary N) is 2. The maximum atomic E-state index is 12.3. The summed E-state index contributed by atoms with van der Waals surface area (Å²) in [5.74, 6) is 3.67. The van der Waals surface area contributed by atoms with Crippen LogP contribution >= 0.6 is 11.8 Å². The lowest BCUT2D eigenvalue weighted by Gasteiger charge is -2.28. The molecule has 11 heteroatoms. The fraction of sp³-hybridized carbons (Fsp3) is 0.136. The highest BCUT2D eigenvalue weighted by Crippen LogP contribution is 2.37. The second-order valence-corrected chi connectivity index (χ2v) is 9.78. The summed E-state index contributed by atoms with van der Waals surface area (Å²) in [5.41, 5.74) is 2.76. The molecule has 1 aromatic heterocycles. The molecule has 0 bridgehead atoms. The largest absolute Gasteiger partial charge is 0.340 e. The summed E-state index contributed by atoms with van der Waals surface area (Å²) in [6.45, 7) is 2.06. The van der Waals surface area contributed by atoms with Gasteiger partial charge in [-0.3, -0.25) is 9.69 Å². The van der Waals surface area contributed by atoms with Gasteiger partial charge < -0.3 is 10.6 Å². The van der Waals surface area contributed by atoms with E-state index in [1.807, 2.05) is 25.1 Å². The average molecular weight is 481 g/mol. The number of primary sulfonamides is 1. The van der Waals surface area contributed by atoms with Gasteiger partial charge in [-0.1, -0.05) is 12.0 Å². The molecule has 0 fully saturated rings. The first-order valence-corrected chi connectivity index (χ1v) is 12.3. The lowest BCUT2D eigenvalue weighted by atomic mass is 10.2. The van der Waals surface area contributed by atoms with Crippen molar-refractivity contribution >= 4 is 56.5 Å². The number of amides is 1. The fourth-order valence-corrected chi connectivity index (χ4v) is 4.67. The van der Waals surface area contributed by atoms with E-state index in [4.69, 9.17) is 11.6 Å². The van der Waals surface area contributed by atoms with Crippen molar-refractivity contribution < 1.29 is 13.2 Å². The number of carbonyl (C=O) groups is 1. The van der Waals surface area contributed by atoms with Gasteiger partial charge in [-0.2, -0.15) is 4.98 Å². The van der Waals surface area contributed by atoms with Crippen LogP contribution in [0.5, 0.6) is 0 Å². The monoisotopic (exact) mass is 480 g/mol. The van der Waals surface area contributed by atoms with Crippen LogP contribution in [0.4, 0.5) is 28.8 Å². The summed E-state index contributed by atoms with van der Waals surface area (Å²) < 4.78 is 23.2. The molecule has 2 heterocycles.